The van der Waals surface area contributed by atoms with Gasteiger partial charge >= 0.3 is 0 Å². The molecule has 0 aliphatic carbocycles. The van der Waals surface area contributed by atoms with Crippen LogP contribution in [0, 0.1) is 23.7 Å². The Kier molecular flexibility index (Phi) is 14.4. The van der Waals surface area contributed by atoms with Crippen LogP contribution in [-0.2, 0) is 28.8 Å². The van der Waals surface area contributed by atoms with E-state index in [1.807, 2.05) is 13.8 Å². The van der Waals surface area contributed by atoms with Crippen molar-refractivity contribution in [1.29, 1.82) is 0 Å². The maximum atomic E-state index is 12.6. The third kappa shape index (κ3) is 12.0. The van der Waals surface area contributed by atoms with Gasteiger partial charge in [0.25, 0.3) is 5.91 Å². The predicted octanol–water partition coefficient (Wildman–Crippen LogP) is -2.61. The van der Waals surface area contributed by atoms with Crippen LogP contribution in [-0.4, -0.2) is 72.7 Å². The minimum Gasteiger partial charge on any atom is -0.368 e. The maximum Gasteiger partial charge on any atom is 0.279 e. The summed E-state index contributed by atoms with van der Waals surface area (Å²) in [5, 5.41) is 12.6. The van der Waals surface area contributed by atoms with E-state index in [0.29, 0.717) is 0 Å². The standard InChI is InChI=1S/C24H45N7O6/c1-11(2)17(25)22(35)31-19(13(5)6)23(36)28-9-15(32)27-10-16(33)29-20(14(7)8)24(37)30-18(12(3)4)21(26)34/h11-14,17-20H,9-10,25H2,1-8H3,(H2,26,34)(H,27,32)(H,28,36)(H,29,33)(H,30,37)(H,31,35)/p+1/t17-,18-,19-,20-/m0/s1. The number of hydrogen-bond acceptors (Lipinski definition) is 6. The summed E-state index contributed by atoms with van der Waals surface area (Å²) in [5.74, 6) is -4.19. The van der Waals surface area contributed by atoms with Crippen molar-refractivity contribution in [3.63, 3.8) is 0 Å². The lowest BCUT2D eigenvalue weighted by molar-refractivity contribution is -0.414. The fraction of sp³-hybridized carbons (Fsp3) is 0.750. The van der Waals surface area contributed by atoms with E-state index in [1.54, 1.807) is 41.5 Å². The van der Waals surface area contributed by atoms with Gasteiger partial charge in [0.2, 0.25) is 29.5 Å². The van der Waals surface area contributed by atoms with Crippen LogP contribution in [0.4, 0.5) is 0 Å². The molecular weight excluding hydrogens is 482 g/mol. The van der Waals surface area contributed by atoms with Crippen LogP contribution < -0.4 is 38.1 Å². The Morgan fingerprint density at radius 2 is 1.00 bits per heavy atom. The molecule has 0 saturated heterocycles. The van der Waals surface area contributed by atoms with Gasteiger partial charge in [-0.15, -0.1) is 0 Å². The average molecular weight is 529 g/mol. The Morgan fingerprint density at radius 3 is 1.43 bits per heavy atom. The highest BCUT2D eigenvalue weighted by Gasteiger charge is 2.31. The molecule has 212 valence electrons. The van der Waals surface area contributed by atoms with Gasteiger partial charge in [-0.3, -0.25) is 28.8 Å². The van der Waals surface area contributed by atoms with Gasteiger partial charge < -0.3 is 38.1 Å². The molecule has 0 heterocycles. The minimum atomic E-state index is -0.956. The summed E-state index contributed by atoms with van der Waals surface area (Å²) in [7, 11) is 0. The summed E-state index contributed by atoms with van der Waals surface area (Å²) >= 11 is 0. The van der Waals surface area contributed by atoms with Crippen molar-refractivity contribution < 1.29 is 34.5 Å². The molecule has 0 aromatic carbocycles. The maximum absolute atomic E-state index is 12.6. The van der Waals surface area contributed by atoms with Gasteiger partial charge in [-0.1, -0.05) is 55.4 Å². The second kappa shape index (κ2) is 15.8. The molecule has 0 unspecified atom stereocenters. The van der Waals surface area contributed by atoms with Crippen molar-refractivity contribution in [2.45, 2.75) is 79.6 Å². The van der Waals surface area contributed by atoms with Gasteiger partial charge in [-0.2, -0.15) is 0 Å². The predicted molar refractivity (Wildman–Crippen MR) is 137 cm³/mol. The number of nitrogens with two attached hydrogens (primary N) is 1. The Bertz CT molecular complexity index is 828. The number of hydrogen-bond donors (Lipinski definition) is 7. The third-order valence-corrected chi connectivity index (χ3v) is 5.79. The Hall–Kier alpha value is -3.22. The molecule has 13 heteroatoms. The van der Waals surface area contributed by atoms with Crippen LogP contribution in [0.25, 0.3) is 0 Å². The summed E-state index contributed by atoms with van der Waals surface area (Å²) in [6.07, 6.45) is 0. The first kappa shape index (κ1) is 33.8. The quantitative estimate of drug-likeness (QED) is 0.121. The first-order valence-electron chi connectivity index (χ1n) is 12.6. The van der Waals surface area contributed by atoms with E-state index in [-0.39, 0.29) is 29.6 Å². The molecule has 0 aromatic rings. The summed E-state index contributed by atoms with van der Waals surface area (Å²) < 4.78 is 0. The van der Waals surface area contributed by atoms with Crippen molar-refractivity contribution >= 4 is 35.4 Å². The van der Waals surface area contributed by atoms with Gasteiger partial charge in [0, 0.05) is 5.92 Å². The number of carbonyl (C=O) groups is 6. The highest BCUT2D eigenvalue weighted by molar-refractivity contribution is 5.94. The van der Waals surface area contributed by atoms with Crippen LogP contribution >= 0.6 is 0 Å². The highest BCUT2D eigenvalue weighted by atomic mass is 16.2. The average Bonchev–Trinajstić information content (AvgIpc) is 2.79. The van der Waals surface area contributed by atoms with Gasteiger partial charge in [-0.05, 0) is 17.8 Å². The molecule has 0 radical (unpaired) electrons. The van der Waals surface area contributed by atoms with Crippen molar-refractivity contribution in [1.82, 2.24) is 26.6 Å². The van der Waals surface area contributed by atoms with Crippen molar-refractivity contribution in [2.75, 3.05) is 13.1 Å². The van der Waals surface area contributed by atoms with Crippen LogP contribution in [0.5, 0.6) is 0 Å². The van der Waals surface area contributed by atoms with Crippen molar-refractivity contribution in [3.05, 3.63) is 0 Å². The summed E-state index contributed by atoms with van der Waals surface area (Å²) in [6, 6.07) is -3.23. The number of rotatable bonds is 15. The highest BCUT2D eigenvalue weighted by Crippen LogP contribution is 2.06. The first-order valence-corrected chi connectivity index (χ1v) is 12.6. The van der Waals surface area contributed by atoms with E-state index in [4.69, 9.17) is 5.73 Å². The van der Waals surface area contributed by atoms with E-state index >= 15 is 0 Å². The molecular formula is C24H46N7O6+. The molecule has 0 spiro atoms. The van der Waals surface area contributed by atoms with E-state index in [2.05, 4.69) is 32.3 Å². The second-order valence-electron chi connectivity index (χ2n) is 10.5. The van der Waals surface area contributed by atoms with Gasteiger partial charge in [0.15, 0.2) is 6.04 Å². The molecule has 0 aliphatic rings. The molecule has 0 aliphatic heterocycles. The largest absolute Gasteiger partial charge is 0.368 e. The van der Waals surface area contributed by atoms with Crippen LogP contribution in [0.2, 0.25) is 0 Å². The molecule has 6 amide bonds. The lowest BCUT2D eigenvalue weighted by atomic mass is 10.00. The minimum absolute atomic E-state index is 0.00560. The van der Waals surface area contributed by atoms with Gasteiger partial charge in [0.05, 0.1) is 13.1 Å². The van der Waals surface area contributed by atoms with Gasteiger partial charge in [0.1, 0.15) is 18.1 Å². The van der Waals surface area contributed by atoms with Crippen molar-refractivity contribution in [2.24, 2.45) is 29.4 Å². The molecule has 0 fully saturated rings. The molecule has 0 saturated carbocycles. The van der Waals surface area contributed by atoms with E-state index < -0.39 is 66.8 Å². The van der Waals surface area contributed by atoms with Crippen molar-refractivity contribution in [3.8, 4) is 0 Å². The molecule has 13 nitrogen and oxygen atoms in total. The van der Waals surface area contributed by atoms with E-state index in [9.17, 15) is 28.8 Å². The first-order chi connectivity index (χ1) is 17.0. The van der Waals surface area contributed by atoms with E-state index in [1.165, 1.54) is 0 Å². The Morgan fingerprint density at radius 1 is 0.568 bits per heavy atom. The SMILES string of the molecule is CC(C)[C@H]([NH3+])C(=O)N[C@H](C(=O)NCC(=O)NCC(=O)N[C@H](C(=O)N[C@H](C(N)=O)C(C)C)C(C)C)C(C)C. The monoisotopic (exact) mass is 528 g/mol. The zero-order valence-corrected chi connectivity index (χ0v) is 23.3. The lowest BCUT2D eigenvalue weighted by Crippen LogP contribution is -2.71. The zero-order chi connectivity index (χ0) is 29.0. The second-order valence-corrected chi connectivity index (χ2v) is 10.5. The normalized spacial score (nSPS) is 14.5. The Balaban J connectivity index is 4.86. The molecule has 0 aromatic heterocycles. The van der Waals surface area contributed by atoms with Crippen LogP contribution in [0.3, 0.4) is 0 Å². The smallest absolute Gasteiger partial charge is 0.279 e. The van der Waals surface area contributed by atoms with Crippen LogP contribution in [0.15, 0.2) is 0 Å². The summed E-state index contributed by atoms with van der Waals surface area (Å²) in [4.78, 5) is 73.6. The fourth-order valence-electron chi connectivity index (χ4n) is 3.19. The summed E-state index contributed by atoms with van der Waals surface area (Å²) in [5.41, 5.74) is 9.14. The molecule has 0 bridgehead atoms. The fourth-order valence-corrected chi connectivity index (χ4v) is 3.19. The van der Waals surface area contributed by atoms with E-state index in [0.717, 1.165) is 0 Å². The lowest BCUT2D eigenvalue weighted by Gasteiger charge is -2.26. The number of amides is 6. The molecule has 4 atom stereocenters. The molecule has 37 heavy (non-hydrogen) atoms. The topological polar surface area (TPSA) is 216 Å². The number of nitrogens with one attached hydrogen (secondary N) is 5. The summed E-state index contributed by atoms with van der Waals surface area (Å²) in [6.45, 7) is 13.3. The molecule has 10 N–H and O–H groups in total. The number of carbonyl (C=O) groups excluding carboxylic acids is 6. The van der Waals surface area contributed by atoms with Crippen LogP contribution in [0.1, 0.15) is 55.4 Å². The molecule has 0 rings (SSSR count). The van der Waals surface area contributed by atoms with Gasteiger partial charge in [-0.25, -0.2) is 0 Å². The zero-order valence-electron chi connectivity index (χ0n) is 23.3. The number of quaternary nitrogens is 1. The Labute approximate surface area is 219 Å². The number of primary amides is 1. The third-order valence-electron chi connectivity index (χ3n) is 5.79.